The number of hydrogen-bond acceptors (Lipinski definition) is 4. The smallest absolute Gasteiger partial charge is 0.261 e. The lowest BCUT2D eigenvalue weighted by atomic mass is 10.1. The molecule has 0 atom stereocenters. The van der Waals surface area contributed by atoms with E-state index in [0.717, 1.165) is 15.6 Å². The number of halogens is 1. The number of aromatic nitrogens is 2. The normalized spacial score (nSPS) is 10.8. The van der Waals surface area contributed by atoms with Crippen molar-refractivity contribution in [3.05, 3.63) is 63.9 Å². The van der Waals surface area contributed by atoms with Crippen molar-refractivity contribution in [1.29, 1.82) is 0 Å². The standard InChI is InChI=1S/C16H13BrN2O2/c1-10-2-7-13(14(20)8-10)16-18-15(19-21-16)9-11-3-5-12(17)6-4-11/h2-8,20H,9H2,1H3. The largest absolute Gasteiger partial charge is 0.507 e. The summed E-state index contributed by atoms with van der Waals surface area (Å²) < 4.78 is 6.27. The van der Waals surface area contributed by atoms with Gasteiger partial charge in [-0.1, -0.05) is 39.3 Å². The fourth-order valence-corrected chi connectivity index (χ4v) is 2.31. The van der Waals surface area contributed by atoms with Gasteiger partial charge in [0.2, 0.25) is 0 Å². The van der Waals surface area contributed by atoms with E-state index in [-0.39, 0.29) is 5.75 Å². The van der Waals surface area contributed by atoms with Crippen LogP contribution in [0.4, 0.5) is 0 Å². The van der Waals surface area contributed by atoms with Gasteiger partial charge in [-0.2, -0.15) is 4.98 Å². The van der Waals surface area contributed by atoms with Crippen LogP contribution in [0, 0.1) is 6.92 Å². The zero-order valence-electron chi connectivity index (χ0n) is 11.4. The van der Waals surface area contributed by atoms with Gasteiger partial charge in [0.25, 0.3) is 5.89 Å². The van der Waals surface area contributed by atoms with E-state index in [1.807, 2.05) is 37.3 Å². The molecule has 0 radical (unpaired) electrons. The second-order valence-electron chi connectivity index (χ2n) is 4.84. The summed E-state index contributed by atoms with van der Waals surface area (Å²) in [6, 6.07) is 13.3. The van der Waals surface area contributed by atoms with Gasteiger partial charge in [-0.3, -0.25) is 0 Å². The van der Waals surface area contributed by atoms with E-state index in [0.29, 0.717) is 23.7 Å². The molecule has 3 aromatic rings. The van der Waals surface area contributed by atoms with Crippen LogP contribution in [0.15, 0.2) is 51.5 Å². The SMILES string of the molecule is Cc1ccc(-c2nc(Cc3ccc(Br)cc3)no2)c(O)c1. The summed E-state index contributed by atoms with van der Waals surface area (Å²) in [6.45, 7) is 1.91. The van der Waals surface area contributed by atoms with Gasteiger partial charge in [-0.05, 0) is 42.3 Å². The maximum absolute atomic E-state index is 9.94. The third-order valence-electron chi connectivity index (χ3n) is 3.13. The van der Waals surface area contributed by atoms with E-state index >= 15 is 0 Å². The maximum atomic E-state index is 9.94. The Morgan fingerprint density at radius 1 is 1.14 bits per heavy atom. The van der Waals surface area contributed by atoms with E-state index in [1.165, 1.54) is 0 Å². The number of hydrogen-bond donors (Lipinski definition) is 1. The van der Waals surface area contributed by atoms with Crippen LogP contribution < -0.4 is 0 Å². The van der Waals surface area contributed by atoms with Gasteiger partial charge in [0.05, 0.1) is 5.56 Å². The van der Waals surface area contributed by atoms with Gasteiger partial charge < -0.3 is 9.63 Å². The average molecular weight is 345 g/mol. The third-order valence-corrected chi connectivity index (χ3v) is 3.66. The molecule has 1 N–H and O–H groups in total. The number of phenolic OH excluding ortho intramolecular Hbond substituents is 1. The van der Waals surface area contributed by atoms with Crippen LogP contribution >= 0.6 is 15.9 Å². The second-order valence-corrected chi connectivity index (χ2v) is 5.76. The molecule has 0 amide bonds. The number of phenols is 1. The minimum Gasteiger partial charge on any atom is -0.507 e. The lowest BCUT2D eigenvalue weighted by molar-refractivity contribution is 0.418. The fourth-order valence-electron chi connectivity index (χ4n) is 2.04. The lowest BCUT2D eigenvalue weighted by Crippen LogP contribution is -1.90. The Balaban J connectivity index is 1.84. The summed E-state index contributed by atoms with van der Waals surface area (Å²) in [5.41, 5.74) is 2.62. The molecule has 4 nitrogen and oxygen atoms in total. The third kappa shape index (κ3) is 3.13. The molecule has 21 heavy (non-hydrogen) atoms. The minimum absolute atomic E-state index is 0.147. The summed E-state index contributed by atoms with van der Waals surface area (Å²) in [4.78, 5) is 4.34. The molecule has 0 saturated carbocycles. The molecule has 0 fully saturated rings. The van der Waals surface area contributed by atoms with Crippen LogP contribution in [-0.2, 0) is 6.42 Å². The molecule has 3 rings (SSSR count). The molecule has 0 aliphatic carbocycles. The van der Waals surface area contributed by atoms with Crippen LogP contribution in [0.2, 0.25) is 0 Å². The highest BCUT2D eigenvalue weighted by atomic mass is 79.9. The first-order chi connectivity index (χ1) is 10.1. The van der Waals surface area contributed by atoms with Crippen molar-refractivity contribution in [3.63, 3.8) is 0 Å². The first kappa shape index (κ1) is 13.8. The molecule has 106 valence electrons. The Morgan fingerprint density at radius 2 is 1.90 bits per heavy atom. The topological polar surface area (TPSA) is 59.2 Å². The summed E-state index contributed by atoms with van der Waals surface area (Å²) in [7, 11) is 0. The number of nitrogens with zero attached hydrogens (tertiary/aromatic N) is 2. The van der Waals surface area contributed by atoms with Gasteiger partial charge in [0.1, 0.15) is 5.75 Å². The van der Waals surface area contributed by atoms with Gasteiger partial charge >= 0.3 is 0 Å². The molecule has 1 aromatic heterocycles. The van der Waals surface area contributed by atoms with Crippen LogP contribution in [0.25, 0.3) is 11.5 Å². The molecular formula is C16H13BrN2O2. The van der Waals surface area contributed by atoms with E-state index in [2.05, 4.69) is 26.1 Å². The Kier molecular flexibility index (Phi) is 3.75. The molecular weight excluding hydrogens is 332 g/mol. The zero-order chi connectivity index (χ0) is 14.8. The molecule has 2 aromatic carbocycles. The highest BCUT2D eigenvalue weighted by Crippen LogP contribution is 2.28. The van der Waals surface area contributed by atoms with E-state index in [1.54, 1.807) is 12.1 Å². The van der Waals surface area contributed by atoms with Gasteiger partial charge in [-0.25, -0.2) is 0 Å². The molecule has 0 unspecified atom stereocenters. The predicted molar refractivity (Wildman–Crippen MR) is 83.1 cm³/mol. The van der Waals surface area contributed by atoms with Crippen molar-refractivity contribution in [3.8, 4) is 17.2 Å². The summed E-state index contributed by atoms with van der Waals surface area (Å²) in [5.74, 6) is 1.07. The molecule has 0 saturated heterocycles. The lowest BCUT2D eigenvalue weighted by Gasteiger charge is -2.00. The molecule has 0 aliphatic heterocycles. The highest BCUT2D eigenvalue weighted by Gasteiger charge is 2.13. The number of aryl methyl sites for hydroxylation is 1. The van der Waals surface area contributed by atoms with Gasteiger partial charge in [0, 0.05) is 10.9 Å². The second kappa shape index (κ2) is 5.69. The van der Waals surface area contributed by atoms with E-state index < -0.39 is 0 Å². The quantitative estimate of drug-likeness (QED) is 0.776. The molecule has 1 heterocycles. The van der Waals surface area contributed by atoms with Gasteiger partial charge in [0.15, 0.2) is 5.82 Å². The Bertz CT molecular complexity index is 766. The average Bonchev–Trinajstić information content (AvgIpc) is 2.90. The highest BCUT2D eigenvalue weighted by molar-refractivity contribution is 9.10. The monoisotopic (exact) mass is 344 g/mol. The van der Waals surface area contributed by atoms with Crippen molar-refractivity contribution < 1.29 is 9.63 Å². The van der Waals surface area contributed by atoms with Crippen LogP contribution in [0.1, 0.15) is 17.0 Å². The first-order valence-electron chi connectivity index (χ1n) is 6.49. The van der Waals surface area contributed by atoms with Crippen LogP contribution in [0.3, 0.4) is 0 Å². The van der Waals surface area contributed by atoms with Crippen molar-refractivity contribution >= 4 is 15.9 Å². The number of aromatic hydroxyl groups is 1. The zero-order valence-corrected chi connectivity index (χ0v) is 13.0. The maximum Gasteiger partial charge on any atom is 0.261 e. The Hall–Kier alpha value is -2.14. The minimum atomic E-state index is 0.147. The van der Waals surface area contributed by atoms with Crippen molar-refractivity contribution in [1.82, 2.24) is 10.1 Å². The Labute approximate surface area is 130 Å². The van der Waals surface area contributed by atoms with Gasteiger partial charge in [-0.15, -0.1) is 0 Å². The van der Waals surface area contributed by atoms with Crippen molar-refractivity contribution in [2.75, 3.05) is 0 Å². The van der Waals surface area contributed by atoms with Crippen molar-refractivity contribution in [2.45, 2.75) is 13.3 Å². The molecule has 0 aliphatic rings. The van der Waals surface area contributed by atoms with Crippen LogP contribution in [0.5, 0.6) is 5.75 Å². The van der Waals surface area contributed by atoms with E-state index in [4.69, 9.17) is 4.52 Å². The molecule has 5 heteroatoms. The predicted octanol–water partition coefficient (Wildman–Crippen LogP) is 4.10. The summed E-state index contributed by atoms with van der Waals surface area (Å²) in [6.07, 6.45) is 0.587. The van der Waals surface area contributed by atoms with Crippen molar-refractivity contribution in [2.24, 2.45) is 0 Å². The fraction of sp³-hybridized carbons (Fsp3) is 0.125. The van der Waals surface area contributed by atoms with Crippen LogP contribution in [-0.4, -0.2) is 15.2 Å². The number of rotatable bonds is 3. The number of benzene rings is 2. The Morgan fingerprint density at radius 3 is 2.62 bits per heavy atom. The molecule has 0 spiro atoms. The molecule has 0 bridgehead atoms. The summed E-state index contributed by atoms with van der Waals surface area (Å²) >= 11 is 3.40. The summed E-state index contributed by atoms with van der Waals surface area (Å²) in [5, 5.41) is 13.9. The first-order valence-corrected chi connectivity index (χ1v) is 7.28. The van der Waals surface area contributed by atoms with E-state index in [9.17, 15) is 5.11 Å².